The Bertz CT molecular complexity index is 334. The summed E-state index contributed by atoms with van der Waals surface area (Å²) in [6, 6.07) is 8.71. The maximum absolute atomic E-state index is 3.49. The normalized spacial score (nSPS) is 10.9. The highest BCUT2D eigenvalue weighted by molar-refractivity contribution is 5.47. The molecule has 2 heteroatoms. The molecule has 0 aliphatic heterocycles. The Balaban J connectivity index is 2.15. The lowest BCUT2D eigenvalue weighted by Crippen LogP contribution is -2.23. The standard InChI is InChI=1S/C16H28N2/c1-14(2)13-17-10-5-6-11-18(4)16-9-7-8-15(3)12-16/h7-9,12,14,17H,5-6,10-11,13H2,1-4H3. The van der Waals surface area contributed by atoms with Crippen molar-refractivity contribution in [3.63, 3.8) is 0 Å². The summed E-state index contributed by atoms with van der Waals surface area (Å²) in [7, 11) is 2.18. The van der Waals surface area contributed by atoms with E-state index in [2.05, 4.69) is 62.3 Å². The zero-order chi connectivity index (χ0) is 13.4. The molecular formula is C16H28N2. The van der Waals surface area contributed by atoms with E-state index in [1.807, 2.05) is 0 Å². The van der Waals surface area contributed by atoms with E-state index in [4.69, 9.17) is 0 Å². The molecule has 18 heavy (non-hydrogen) atoms. The van der Waals surface area contributed by atoms with Crippen LogP contribution in [0.15, 0.2) is 24.3 Å². The molecule has 2 nitrogen and oxygen atoms in total. The van der Waals surface area contributed by atoms with E-state index in [1.54, 1.807) is 0 Å². The summed E-state index contributed by atoms with van der Waals surface area (Å²) in [5.74, 6) is 0.750. The second-order valence-electron chi connectivity index (χ2n) is 5.57. The average Bonchev–Trinajstić information content (AvgIpc) is 2.33. The summed E-state index contributed by atoms with van der Waals surface area (Å²) in [6.07, 6.45) is 2.50. The van der Waals surface area contributed by atoms with Gasteiger partial charge in [0, 0.05) is 19.3 Å². The van der Waals surface area contributed by atoms with Crippen LogP contribution in [0.25, 0.3) is 0 Å². The minimum atomic E-state index is 0.750. The molecule has 0 unspecified atom stereocenters. The van der Waals surface area contributed by atoms with Crippen LogP contribution in [0.3, 0.4) is 0 Å². The van der Waals surface area contributed by atoms with Gasteiger partial charge in [0.25, 0.3) is 0 Å². The fourth-order valence-corrected chi connectivity index (χ4v) is 1.98. The number of anilines is 1. The molecule has 0 amide bonds. The Kier molecular flexibility index (Phi) is 6.81. The SMILES string of the molecule is Cc1cccc(N(C)CCCCNCC(C)C)c1. The van der Waals surface area contributed by atoms with Gasteiger partial charge >= 0.3 is 0 Å². The molecule has 1 rings (SSSR count). The molecule has 0 atom stereocenters. The second-order valence-corrected chi connectivity index (χ2v) is 5.57. The van der Waals surface area contributed by atoms with E-state index in [9.17, 15) is 0 Å². The van der Waals surface area contributed by atoms with Crippen molar-refractivity contribution in [3.8, 4) is 0 Å². The molecule has 0 radical (unpaired) electrons. The third-order valence-corrected chi connectivity index (χ3v) is 3.09. The Hall–Kier alpha value is -1.02. The van der Waals surface area contributed by atoms with Gasteiger partial charge in [-0.2, -0.15) is 0 Å². The van der Waals surface area contributed by atoms with Crippen LogP contribution >= 0.6 is 0 Å². The van der Waals surface area contributed by atoms with Crippen LogP contribution in [0.1, 0.15) is 32.3 Å². The Labute approximate surface area is 112 Å². The van der Waals surface area contributed by atoms with E-state index >= 15 is 0 Å². The Morgan fingerprint density at radius 1 is 1.22 bits per heavy atom. The Morgan fingerprint density at radius 2 is 2.00 bits per heavy atom. The first kappa shape index (κ1) is 15.0. The van der Waals surface area contributed by atoms with E-state index in [-0.39, 0.29) is 0 Å². The maximum atomic E-state index is 3.49. The van der Waals surface area contributed by atoms with Crippen LogP contribution < -0.4 is 10.2 Å². The van der Waals surface area contributed by atoms with Crippen molar-refractivity contribution in [2.75, 3.05) is 31.6 Å². The van der Waals surface area contributed by atoms with Gasteiger partial charge in [-0.3, -0.25) is 0 Å². The molecule has 1 aromatic rings. The van der Waals surface area contributed by atoms with Gasteiger partial charge in [0.15, 0.2) is 0 Å². The van der Waals surface area contributed by atoms with Gasteiger partial charge in [0.1, 0.15) is 0 Å². The van der Waals surface area contributed by atoms with Crippen molar-refractivity contribution in [2.24, 2.45) is 5.92 Å². The fraction of sp³-hybridized carbons (Fsp3) is 0.625. The monoisotopic (exact) mass is 248 g/mol. The zero-order valence-corrected chi connectivity index (χ0v) is 12.4. The van der Waals surface area contributed by atoms with Gasteiger partial charge in [-0.05, 0) is 56.5 Å². The molecule has 0 aliphatic carbocycles. The number of hydrogen-bond acceptors (Lipinski definition) is 2. The highest BCUT2D eigenvalue weighted by Gasteiger charge is 2.00. The number of hydrogen-bond donors (Lipinski definition) is 1. The molecule has 1 N–H and O–H groups in total. The fourth-order valence-electron chi connectivity index (χ4n) is 1.98. The number of unbranched alkanes of at least 4 members (excludes halogenated alkanes) is 1. The van der Waals surface area contributed by atoms with Gasteiger partial charge in [0.2, 0.25) is 0 Å². The van der Waals surface area contributed by atoms with Crippen molar-refractivity contribution in [3.05, 3.63) is 29.8 Å². The Morgan fingerprint density at radius 3 is 2.67 bits per heavy atom. The van der Waals surface area contributed by atoms with Crippen LogP contribution in [0.4, 0.5) is 5.69 Å². The van der Waals surface area contributed by atoms with Crippen LogP contribution in [-0.4, -0.2) is 26.7 Å². The summed E-state index contributed by atoms with van der Waals surface area (Å²) in [6.45, 7) is 10.0. The first-order valence-corrected chi connectivity index (χ1v) is 7.08. The van der Waals surface area contributed by atoms with E-state index in [0.717, 1.165) is 25.6 Å². The molecule has 0 spiro atoms. The minimum Gasteiger partial charge on any atom is -0.375 e. The van der Waals surface area contributed by atoms with Crippen LogP contribution in [0, 0.1) is 12.8 Å². The molecular weight excluding hydrogens is 220 g/mol. The lowest BCUT2D eigenvalue weighted by molar-refractivity contribution is 0.535. The van der Waals surface area contributed by atoms with Gasteiger partial charge in [0.05, 0.1) is 0 Å². The third kappa shape index (κ3) is 6.06. The van der Waals surface area contributed by atoms with Crippen molar-refractivity contribution < 1.29 is 0 Å². The summed E-state index contributed by atoms with van der Waals surface area (Å²) in [5, 5.41) is 3.49. The summed E-state index contributed by atoms with van der Waals surface area (Å²) in [4.78, 5) is 2.34. The predicted molar refractivity (Wildman–Crippen MR) is 81.4 cm³/mol. The largest absolute Gasteiger partial charge is 0.375 e. The van der Waals surface area contributed by atoms with Gasteiger partial charge < -0.3 is 10.2 Å². The van der Waals surface area contributed by atoms with Crippen molar-refractivity contribution in [1.82, 2.24) is 5.32 Å². The quantitative estimate of drug-likeness (QED) is 0.709. The summed E-state index contributed by atoms with van der Waals surface area (Å²) >= 11 is 0. The number of benzene rings is 1. The lowest BCUT2D eigenvalue weighted by atomic mass is 10.2. The molecule has 0 saturated carbocycles. The summed E-state index contributed by atoms with van der Waals surface area (Å²) < 4.78 is 0. The first-order chi connectivity index (χ1) is 8.59. The number of aryl methyl sites for hydroxylation is 1. The molecule has 0 heterocycles. The first-order valence-electron chi connectivity index (χ1n) is 7.08. The topological polar surface area (TPSA) is 15.3 Å². The summed E-state index contributed by atoms with van der Waals surface area (Å²) in [5.41, 5.74) is 2.66. The van der Waals surface area contributed by atoms with Crippen molar-refractivity contribution >= 4 is 5.69 Å². The van der Waals surface area contributed by atoms with Crippen molar-refractivity contribution in [1.29, 1.82) is 0 Å². The number of nitrogens with zero attached hydrogens (tertiary/aromatic N) is 1. The van der Waals surface area contributed by atoms with Gasteiger partial charge in [-0.15, -0.1) is 0 Å². The lowest BCUT2D eigenvalue weighted by Gasteiger charge is -2.19. The van der Waals surface area contributed by atoms with Crippen LogP contribution in [-0.2, 0) is 0 Å². The van der Waals surface area contributed by atoms with Crippen LogP contribution in [0.2, 0.25) is 0 Å². The molecule has 0 aromatic heterocycles. The van der Waals surface area contributed by atoms with E-state index in [0.29, 0.717) is 0 Å². The van der Waals surface area contributed by atoms with E-state index < -0.39 is 0 Å². The van der Waals surface area contributed by atoms with Gasteiger partial charge in [-0.1, -0.05) is 26.0 Å². The molecule has 1 aromatic carbocycles. The van der Waals surface area contributed by atoms with Crippen LogP contribution in [0.5, 0.6) is 0 Å². The third-order valence-electron chi connectivity index (χ3n) is 3.09. The second kappa shape index (κ2) is 8.15. The molecule has 0 fully saturated rings. The smallest absolute Gasteiger partial charge is 0.0366 e. The number of nitrogens with one attached hydrogen (secondary N) is 1. The highest BCUT2D eigenvalue weighted by atomic mass is 15.1. The predicted octanol–water partition coefficient (Wildman–Crippen LogP) is 3.46. The number of rotatable bonds is 8. The molecule has 0 aliphatic rings. The maximum Gasteiger partial charge on any atom is 0.0366 e. The molecule has 0 bridgehead atoms. The minimum absolute atomic E-state index is 0.750. The van der Waals surface area contributed by atoms with Gasteiger partial charge in [-0.25, -0.2) is 0 Å². The molecule has 0 saturated heterocycles. The highest BCUT2D eigenvalue weighted by Crippen LogP contribution is 2.14. The average molecular weight is 248 g/mol. The molecule has 102 valence electrons. The zero-order valence-electron chi connectivity index (χ0n) is 12.4. The van der Waals surface area contributed by atoms with Crippen molar-refractivity contribution in [2.45, 2.75) is 33.6 Å². The van der Waals surface area contributed by atoms with E-state index in [1.165, 1.54) is 24.1 Å².